The fraction of sp³-hybridized carbons (Fsp3) is 0.273. The fourth-order valence-corrected chi connectivity index (χ4v) is 2.16. The van der Waals surface area contributed by atoms with Crippen molar-refractivity contribution in [3.05, 3.63) is 23.7 Å². The van der Waals surface area contributed by atoms with E-state index in [9.17, 15) is 0 Å². The largest absolute Gasteiger partial charge is 0.383 e. The van der Waals surface area contributed by atoms with Gasteiger partial charge in [0.1, 0.15) is 0 Å². The normalized spacial score (nSPS) is 11.8. The molecule has 1 heterocycles. The van der Waals surface area contributed by atoms with Crippen molar-refractivity contribution in [1.82, 2.24) is 10.4 Å². The predicted molar refractivity (Wildman–Crippen MR) is 74.7 cm³/mol. The van der Waals surface area contributed by atoms with Crippen molar-refractivity contribution in [2.45, 2.75) is 0 Å². The van der Waals surface area contributed by atoms with Gasteiger partial charge in [-0.15, -0.1) is 11.3 Å². The SMILES string of the molecule is COCCN=C(NN)Nc1ccc2ncsc2c1. The quantitative estimate of drug-likeness (QED) is 0.254. The molecule has 2 aromatic rings. The van der Waals surface area contributed by atoms with E-state index >= 15 is 0 Å². The van der Waals surface area contributed by atoms with Crippen LogP contribution >= 0.6 is 11.3 Å². The molecule has 0 radical (unpaired) electrons. The Kier molecular flexibility index (Phi) is 4.46. The molecular weight excluding hydrogens is 250 g/mol. The second kappa shape index (κ2) is 6.29. The minimum atomic E-state index is 0.510. The average Bonchev–Trinajstić information content (AvgIpc) is 2.85. The van der Waals surface area contributed by atoms with Crippen LogP contribution in [0.4, 0.5) is 5.69 Å². The van der Waals surface area contributed by atoms with E-state index in [0.717, 1.165) is 15.9 Å². The van der Waals surface area contributed by atoms with Crippen molar-refractivity contribution < 1.29 is 4.74 Å². The molecule has 0 unspecified atom stereocenters. The average molecular weight is 265 g/mol. The standard InChI is InChI=1S/C11H15N5OS/c1-17-5-4-13-11(16-12)15-8-2-3-9-10(6-8)18-7-14-9/h2-3,6-7H,4-5,12H2,1H3,(H2,13,15,16). The molecule has 1 aromatic heterocycles. The summed E-state index contributed by atoms with van der Waals surface area (Å²) in [5.41, 5.74) is 6.25. The highest BCUT2D eigenvalue weighted by Gasteiger charge is 2.01. The second-order valence-corrected chi connectivity index (χ2v) is 4.41. The summed E-state index contributed by atoms with van der Waals surface area (Å²) in [6.07, 6.45) is 0. The molecule has 0 aliphatic rings. The maximum Gasteiger partial charge on any atom is 0.210 e. The number of nitrogens with two attached hydrogens (primary N) is 1. The van der Waals surface area contributed by atoms with Gasteiger partial charge in [-0.2, -0.15) is 0 Å². The van der Waals surface area contributed by atoms with E-state index in [1.165, 1.54) is 0 Å². The lowest BCUT2D eigenvalue weighted by atomic mass is 10.3. The number of benzene rings is 1. The predicted octanol–water partition coefficient (Wildman–Crippen LogP) is 1.17. The van der Waals surface area contributed by atoms with Crippen LogP contribution in [0.15, 0.2) is 28.7 Å². The van der Waals surface area contributed by atoms with Crippen LogP contribution in [0.1, 0.15) is 0 Å². The zero-order chi connectivity index (χ0) is 12.8. The number of aliphatic imine (C=N–C) groups is 1. The van der Waals surface area contributed by atoms with Crippen LogP contribution in [0.25, 0.3) is 10.2 Å². The molecule has 18 heavy (non-hydrogen) atoms. The maximum absolute atomic E-state index is 5.40. The Morgan fingerprint density at radius 3 is 3.22 bits per heavy atom. The number of methoxy groups -OCH3 is 1. The van der Waals surface area contributed by atoms with Crippen LogP contribution in [0.2, 0.25) is 0 Å². The van der Waals surface area contributed by atoms with E-state index in [4.69, 9.17) is 10.6 Å². The van der Waals surface area contributed by atoms with E-state index in [-0.39, 0.29) is 0 Å². The van der Waals surface area contributed by atoms with Gasteiger partial charge in [0.25, 0.3) is 0 Å². The summed E-state index contributed by atoms with van der Waals surface area (Å²) in [4.78, 5) is 8.45. The van der Waals surface area contributed by atoms with Gasteiger partial charge in [0, 0.05) is 12.8 Å². The first-order valence-corrected chi connectivity index (χ1v) is 6.31. The molecule has 0 spiro atoms. The first-order valence-electron chi connectivity index (χ1n) is 5.44. The van der Waals surface area contributed by atoms with Crippen molar-refractivity contribution in [1.29, 1.82) is 0 Å². The van der Waals surface area contributed by atoms with E-state index in [2.05, 4.69) is 20.7 Å². The van der Waals surface area contributed by atoms with Gasteiger partial charge in [-0.05, 0) is 18.2 Å². The van der Waals surface area contributed by atoms with Gasteiger partial charge >= 0.3 is 0 Å². The molecule has 7 heteroatoms. The number of nitrogens with one attached hydrogen (secondary N) is 2. The summed E-state index contributed by atoms with van der Waals surface area (Å²) in [6.45, 7) is 1.10. The van der Waals surface area contributed by atoms with Crippen molar-refractivity contribution in [2.75, 3.05) is 25.6 Å². The molecule has 0 saturated heterocycles. The number of anilines is 1. The van der Waals surface area contributed by atoms with Crippen LogP contribution in [0.5, 0.6) is 0 Å². The zero-order valence-corrected chi connectivity index (χ0v) is 10.8. The molecule has 4 N–H and O–H groups in total. The molecule has 0 aliphatic carbocycles. The number of guanidine groups is 1. The van der Waals surface area contributed by atoms with Crippen LogP contribution in [0.3, 0.4) is 0 Å². The molecule has 0 bridgehead atoms. The number of hydrogen-bond donors (Lipinski definition) is 3. The fourth-order valence-electron chi connectivity index (χ4n) is 1.44. The van der Waals surface area contributed by atoms with Crippen molar-refractivity contribution >= 4 is 33.2 Å². The molecule has 0 fully saturated rings. The van der Waals surface area contributed by atoms with E-state index in [0.29, 0.717) is 19.1 Å². The number of rotatable bonds is 4. The topological polar surface area (TPSA) is 84.6 Å². The van der Waals surface area contributed by atoms with Gasteiger partial charge in [-0.3, -0.25) is 5.43 Å². The van der Waals surface area contributed by atoms with Gasteiger partial charge in [-0.1, -0.05) is 0 Å². The summed E-state index contributed by atoms with van der Waals surface area (Å²) in [6, 6.07) is 5.90. The number of fused-ring (bicyclic) bond motifs is 1. The smallest absolute Gasteiger partial charge is 0.210 e. The van der Waals surface area contributed by atoms with Gasteiger partial charge < -0.3 is 10.1 Å². The Labute approximate surface area is 109 Å². The number of hydrogen-bond acceptors (Lipinski definition) is 5. The highest BCUT2D eigenvalue weighted by molar-refractivity contribution is 7.16. The summed E-state index contributed by atoms with van der Waals surface area (Å²) in [7, 11) is 1.64. The first-order chi connectivity index (χ1) is 8.83. The van der Waals surface area contributed by atoms with Gasteiger partial charge in [0.05, 0.1) is 28.9 Å². The van der Waals surface area contributed by atoms with Crippen molar-refractivity contribution in [3.8, 4) is 0 Å². The minimum absolute atomic E-state index is 0.510. The summed E-state index contributed by atoms with van der Waals surface area (Å²) in [5.74, 6) is 5.91. The molecule has 0 aliphatic heterocycles. The second-order valence-electron chi connectivity index (χ2n) is 3.53. The monoisotopic (exact) mass is 265 g/mol. The number of ether oxygens (including phenoxy) is 1. The number of thiazole rings is 1. The Balaban J connectivity index is 2.08. The highest BCUT2D eigenvalue weighted by Crippen LogP contribution is 2.21. The Hall–Kier alpha value is -1.70. The highest BCUT2D eigenvalue weighted by atomic mass is 32.1. The van der Waals surface area contributed by atoms with Gasteiger partial charge in [0.2, 0.25) is 5.96 Å². The Morgan fingerprint density at radius 2 is 2.44 bits per heavy atom. The molecule has 0 saturated carbocycles. The van der Waals surface area contributed by atoms with E-state index in [1.807, 2.05) is 23.7 Å². The lowest BCUT2D eigenvalue weighted by molar-refractivity contribution is 0.208. The van der Waals surface area contributed by atoms with Crippen molar-refractivity contribution in [2.24, 2.45) is 10.8 Å². The number of hydrazine groups is 1. The van der Waals surface area contributed by atoms with E-state index < -0.39 is 0 Å². The van der Waals surface area contributed by atoms with Crippen LogP contribution in [0, 0.1) is 0 Å². The molecule has 1 aromatic carbocycles. The third kappa shape index (κ3) is 3.16. The summed E-state index contributed by atoms with van der Waals surface area (Å²) < 4.78 is 6.04. The number of aromatic nitrogens is 1. The molecule has 2 rings (SSSR count). The first kappa shape index (κ1) is 12.7. The lowest BCUT2D eigenvalue weighted by Crippen LogP contribution is -2.36. The van der Waals surface area contributed by atoms with Crippen molar-refractivity contribution in [3.63, 3.8) is 0 Å². The third-order valence-corrected chi connectivity index (χ3v) is 3.09. The van der Waals surface area contributed by atoms with Crippen LogP contribution in [-0.2, 0) is 4.74 Å². The molecule has 96 valence electrons. The third-order valence-electron chi connectivity index (χ3n) is 2.30. The Morgan fingerprint density at radius 1 is 1.56 bits per heavy atom. The van der Waals surface area contributed by atoms with Crippen LogP contribution in [-0.4, -0.2) is 31.2 Å². The summed E-state index contributed by atoms with van der Waals surface area (Å²) >= 11 is 1.60. The molecule has 0 atom stereocenters. The molecular formula is C11H15N5OS. The zero-order valence-electron chi connectivity index (χ0n) is 10.0. The molecule has 6 nitrogen and oxygen atoms in total. The Bertz CT molecular complexity index is 539. The van der Waals surface area contributed by atoms with Gasteiger partial charge in [-0.25, -0.2) is 15.8 Å². The molecule has 0 amide bonds. The van der Waals surface area contributed by atoms with Crippen LogP contribution < -0.4 is 16.6 Å². The number of nitrogens with zero attached hydrogens (tertiary/aromatic N) is 2. The maximum atomic E-state index is 5.40. The minimum Gasteiger partial charge on any atom is -0.383 e. The lowest BCUT2D eigenvalue weighted by Gasteiger charge is -2.08. The van der Waals surface area contributed by atoms with Gasteiger partial charge in [0.15, 0.2) is 0 Å². The van der Waals surface area contributed by atoms with E-state index in [1.54, 1.807) is 18.4 Å². The summed E-state index contributed by atoms with van der Waals surface area (Å²) in [5, 5.41) is 3.11.